The van der Waals surface area contributed by atoms with Crippen LogP contribution < -0.4 is 10.1 Å². The molecule has 1 aliphatic heterocycles. The Kier molecular flexibility index (Phi) is 5.19. The van der Waals surface area contributed by atoms with E-state index in [9.17, 15) is 9.59 Å². The lowest BCUT2D eigenvalue weighted by Crippen LogP contribution is -2.51. The second-order valence-corrected chi connectivity index (χ2v) is 5.99. The van der Waals surface area contributed by atoms with Gasteiger partial charge in [-0.1, -0.05) is 24.3 Å². The number of ether oxygens (including phenoxy) is 2. The van der Waals surface area contributed by atoms with Crippen LogP contribution in [0.5, 0.6) is 5.75 Å². The number of fused-ring (bicyclic) bond motifs is 1. The third-order valence-corrected chi connectivity index (χ3v) is 4.48. The van der Waals surface area contributed by atoms with Crippen molar-refractivity contribution in [3.05, 3.63) is 42.0 Å². The van der Waals surface area contributed by atoms with Crippen molar-refractivity contribution in [2.75, 3.05) is 33.9 Å². The summed E-state index contributed by atoms with van der Waals surface area (Å²) in [5, 5.41) is 4.64. The third-order valence-electron chi connectivity index (χ3n) is 4.48. The lowest BCUT2D eigenvalue weighted by molar-refractivity contribution is -0.146. The smallest absolute Gasteiger partial charge is 0.250 e. The van der Waals surface area contributed by atoms with Gasteiger partial charge < -0.3 is 19.7 Å². The van der Waals surface area contributed by atoms with Crippen molar-refractivity contribution in [2.45, 2.75) is 12.5 Å². The van der Waals surface area contributed by atoms with E-state index < -0.39 is 6.10 Å². The fourth-order valence-electron chi connectivity index (χ4n) is 3.07. The number of methoxy groups -OCH3 is 1. The summed E-state index contributed by atoms with van der Waals surface area (Å²) in [5.74, 6) is 0.554. The van der Waals surface area contributed by atoms with Crippen molar-refractivity contribution in [1.29, 1.82) is 0 Å². The van der Waals surface area contributed by atoms with Crippen LogP contribution in [0.25, 0.3) is 10.8 Å². The minimum atomic E-state index is -0.602. The van der Waals surface area contributed by atoms with Crippen LogP contribution in [0.3, 0.4) is 0 Å². The van der Waals surface area contributed by atoms with Crippen molar-refractivity contribution in [2.24, 2.45) is 0 Å². The highest BCUT2D eigenvalue weighted by Crippen LogP contribution is 2.25. The van der Waals surface area contributed by atoms with Gasteiger partial charge in [-0.15, -0.1) is 0 Å². The number of benzene rings is 2. The van der Waals surface area contributed by atoms with Crippen LogP contribution in [0, 0.1) is 0 Å². The van der Waals surface area contributed by atoms with Crippen LogP contribution in [-0.4, -0.2) is 56.7 Å². The van der Waals surface area contributed by atoms with E-state index in [4.69, 9.17) is 9.47 Å². The standard InChI is InChI=1S/C19H22N2O4/c1-20-19(23)17-12-21(8-9-25-17)18(22)10-14-5-3-4-13-6-7-15(24-2)11-16(13)14/h3-7,11,17H,8-10,12H2,1-2H3,(H,20,23). The molecule has 2 amide bonds. The molecule has 0 radical (unpaired) electrons. The van der Waals surface area contributed by atoms with Gasteiger partial charge in [-0.05, 0) is 28.5 Å². The second kappa shape index (κ2) is 7.53. The van der Waals surface area contributed by atoms with Gasteiger partial charge in [0.25, 0.3) is 5.91 Å². The molecular formula is C19H22N2O4. The van der Waals surface area contributed by atoms with Crippen molar-refractivity contribution in [3.8, 4) is 5.75 Å². The summed E-state index contributed by atoms with van der Waals surface area (Å²) in [6, 6.07) is 11.8. The quantitative estimate of drug-likeness (QED) is 0.911. The number of carbonyl (C=O) groups excluding carboxylic acids is 2. The summed E-state index contributed by atoms with van der Waals surface area (Å²) in [5.41, 5.74) is 0.949. The van der Waals surface area contributed by atoms with Crippen molar-refractivity contribution < 1.29 is 19.1 Å². The van der Waals surface area contributed by atoms with E-state index in [1.165, 1.54) is 0 Å². The molecule has 132 valence electrons. The lowest BCUT2D eigenvalue weighted by atomic mass is 10.0. The SMILES string of the molecule is CNC(=O)C1CN(C(=O)Cc2cccc3ccc(OC)cc23)CCO1. The molecule has 0 saturated carbocycles. The zero-order valence-corrected chi connectivity index (χ0v) is 14.5. The molecule has 0 bridgehead atoms. The minimum Gasteiger partial charge on any atom is -0.497 e. The molecule has 1 aliphatic rings. The molecule has 0 spiro atoms. The molecule has 1 heterocycles. The normalized spacial score (nSPS) is 17.4. The first-order valence-electron chi connectivity index (χ1n) is 8.29. The van der Waals surface area contributed by atoms with Gasteiger partial charge in [0, 0.05) is 13.6 Å². The number of morpholine rings is 1. The number of rotatable bonds is 4. The monoisotopic (exact) mass is 342 g/mol. The lowest BCUT2D eigenvalue weighted by Gasteiger charge is -2.32. The Balaban J connectivity index is 1.78. The molecule has 1 saturated heterocycles. The first-order chi connectivity index (χ1) is 12.1. The average molecular weight is 342 g/mol. The largest absolute Gasteiger partial charge is 0.497 e. The predicted octanol–water partition coefficient (Wildman–Crippen LogP) is 1.36. The van der Waals surface area contributed by atoms with Gasteiger partial charge in [-0.25, -0.2) is 0 Å². The molecule has 1 fully saturated rings. The zero-order chi connectivity index (χ0) is 17.8. The molecule has 2 aromatic rings. The highest BCUT2D eigenvalue weighted by atomic mass is 16.5. The molecule has 1 atom stereocenters. The average Bonchev–Trinajstić information content (AvgIpc) is 2.67. The Hall–Kier alpha value is -2.60. The fraction of sp³-hybridized carbons (Fsp3) is 0.368. The topological polar surface area (TPSA) is 67.9 Å². The number of nitrogens with zero attached hydrogens (tertiary/aromatic N) is 1. The van der Waals surface area contributed by atoms with Gasteiger partial charge in [0.1, 0.15) is 5.75 Å². The molecule has 1 unspecified atom stereocenters. The van der Waals surface area contributed by atoms with Crippen LogP contribution >= 0.6 is 0 Å². The van der Waals surface area contributed by atoms with Crippen molar-refractivity contribution in [1.82, 2.24) is 10.2 Å². The summed E-state index contributed by atoms with van der Waals surface area (Å²) in [7, 11) is 3.19. The van der Waals surface area contributed by atoms with E-state index >= 15 is 0 Å². The number of nitrogens with one attached hydrogen (secondary N) is 1. The molecule has 2 aromatic carbocycles. The number of hydrogen-bond donors (Lipinski definition) is 1. The second-order valence-electron chi connectivity index (χ2n) is 5.99. The number of carbonyl (C=O) groups is 2. The Labute approximate surface area is 146 Å². The summed E-state index contributed by atoms with van der Waals surface area (Å²) < 4.78 is 10.7. The van der Waals surface area contributed by atoms with Crippen molar-refractivity contribution >= 4 is 22.6 Å². The molecular weight excluding hydrogens is 320 g/mol. The van der Waals surface area contributed by atoms with Gasteiger partial charge in [-0.3, -0.25) is 9.59 Å². The molecule has 6 nitrogen and oxygen atoms in total. The van der Waals surface area contributed by atoms with E-state index in [1.54, 1.807) is 19.1 Å². The summed E-state index contributed by atoms with van der Waals surface area (Å²) in [6.07, 6.45) is -0.319. The van der Waals surface area contributed by atoms with E-state index in [2.05, 4.69) is 5.32 Å². The van der Waals surface area contributed by atoms with Gasteiger partial charge >= 0.3 is 0 Å². The van der Waals surface area contributed by atoms with Gasteiger partial charge in [0.2, 0.25) is 5.91 Å². The molecule has 0 aromatic heterocycles. The van der Waals surface area contributed by atoms with Crippen LogP contribution in [0.15, 0.2) is 36.4 Å². The number of likely N-dealkylation sites (N-methyl/N-ethyl adjacent to an activating group) is 1. The first-order valence-corrected chi connectivity index (χ1v) is 8.29. The molecule has 3 rings (SSSR count). The highest BCUT2D eigenvalue weighted by molar-refractivity contribution is 5.91. The van der Waals surface area contributed by atoms with Crippen molar-refractivity contribution in [3.63, 3.8) is 0 Å². The number of hydrogen-bond acceptors (Lipinski definition) is 4. The molecule has 25 heavy (non-hydrogen) atoms. The Bertz CT molecular complexity index is 790. The van der Waals surface area contributed by atoms with E-state index in [0.717, 1.165) is 22.1 Å². The Morgan fingerprint density at radius 1 is 1.32 bits per heavy atom. The van der Waals surface area contributed by atoms with Gasteiger partial charge in [-0.2, -0.15) is 0 Å². The summed E-state index contributed by atoms with van der Waals surface area (Å²) in [4.78, 5) is 26.2. The maximum absolute atomic E-state index is 12.7. The fourth-order valence-corrected chi connectivity index (χ4v) is 3.07. The predicted molar refractivity (Wildman–Crippen MR) is 94.6 cm³/mol. The molecule has 6 heteroatoms. The van der Waals surface area contributed by atoms with Crippen LogP contribution in [0.2, 0.25) is 0 Å². The van der Waals surface area contributed by atoms with Crippen LogP contribution in [0.1, 0.15) is 5.56 Å². The van der Waals surface area contributed by atoms with E-state index in [1.807, 2.05) is 36.4 Å². The van der Waals surface area contributed by atoms with Crippen LogP contribution in [-0.2, 0) is 20.7 Å². The van der Waals surface area contributed by atoms with Gasteiger partial charge in [0.15, 0.2) is 6.10 Å². The maximum Gasteiger partial charge on any atom is 0.250 e. The zero-order valence-electron chi connectivity index (χ0n) is 14.5. The van der Waals surface area contributed by atoms with Crippen LogP contribution in [0.4, 0.5) is 0 Å². The molecule has 0 aliphatic carbocycles. The van der Waals surface area contributed by atoms with E-state index in [0.29, 0.717) is 13.2 Å². The summed E-state index contributed by atoms with van der Waals surface area (Å²) >= 11 is 0. The Morgan fingerprint density at radius 2 is 2.16 bits per heavy atom. The first kappa shape index (κ1) is 17.2. The number of amides is 2. The van der Waals surface area contributed by atoms with E-state index in [-0.39, 0.29) is 24.8 Å². The third kappa shape index (κ3) is 3.74. The maximum atomic E-state index is 12.7. The molecule has 1 N–H and O–H groups in total. The highest BCUT2D eigenvalue weighted by Gasteiger charge is 2.28. The Morgan fingerprint density at radius 3 is 2.92 bits per heavy atom. The minimum absolute atomic E-state index is 0.00692. The summed E-state index contributed by atoms with van der Waals surface area (Å²) in [6.45, 7) is 1.15. The van der Waals surface area contributed by atoms with Gasteiger partial charge in [0.05, 0.1) is 26.7 Å².